The van der Waals surface area contributed by atoms with E-state index in [1.54, 1.807) is 6.26 Å². The highest BCUT2D eigenvalue weighted by Gasteiger charge is 2.12. The summed E-state index contributed by atoms with van der Waals surface area (Å²) in [6.45, 7) is 4.42. The smallest absolute Gasteiger partial charge is 0.133 e. The average molecular weight is 213 g/mol. The zero-order chi connectivity index (χ0) is 10.9. The van der Waals surface area contributed by atoms with Crippen molar-refractivity contribution in [2.75, 3.05) is 26.4 Å². The molecular weight excluding hydrogens is 194 g/mol. The third kappa shape index (κ3) is 4.46. The maximum atomic E-state index is 5.58. The molecule has 1 aromatic rings. The third-order valence-electron chi connectivity index (χ3n) is 1.97. The van der Waals surface area contributed by atoms with E-state index in [2.05, 4.69) is 6.92 Å². The van der Waals surface area contributed by atoms with Gasteiger partial charge in [-0.25, -0.2) is 0 Å². The van der Waals surface area contributed by atoms with Crippen LogP contribution in [-0.2, 0) is 9.47 Å². The lowest BCUT2D eigenvalue weighted by Crippen LogP contribution is -2.17. The maximum absolute atomic E-state index is 5.58. The van der Waals surface area contributed by atoms with E-state index in [4.69, 9.17) is 19.6 Å². The summed E-state index contributed by atoms with van der Waals surface area (Å²) in [4.78, 5) is 0. The van der Waals surface area contributed by atoms with E-state index >= 15 is 0 Å². The van der Waals surface area contributed by atoms with Gasteiger partial charge in [-0.2, -0.15) is 0 Å². The summed E-state index contributed by atoms with van der Waals surface area (Å²) in [5, 5.41) is 0. The fourth-order valence-electron chi connectivity index (χ4n) is 1.24. The number of ether oxygens (including phenoxy) is 2. The lowest BCUT2D eigenvalue weighted by Gasteiger charge is -2.13. The molecule has 0 spiro atoms. The molecular formula is C11H19NO3. The van der Waals surface area contributed by atoms with Crippen molar-refractivity contribution >= 4 is 0 Å². The van der Waals surface area contributed by atoms with Gasteiger partial charge in [-0.3, -0.25) is 0 Å². The van der Waals surface area contributed by atoms with E-state index in [1.165, 1.54) is 0 Å². The van der Waals surface area contributed by atoms with E-state index in [9.17, 15) is 0 Å². The molecule has 0 aliphatic rings. The Kier molecular flexibility index (Phi) is 6.08. The summed E-state index contributed by atoms with van der Waals surface area (Å²) in [6.07, 6.45) is 2.48. The van der Waals surface area contributed by atoms with E-state index < -0.39 is 0 Å². The Bertz CT molecular complexity index is 236. The Morgan fingerprint density at radius 3 is 2.87 bits per heavy atom. The van der Waals surface area contributed by atoms with Crippen LogP contribution >= 0.6 is 0 Å². The molecule has 0 saturated carbocycles. The van der Waals surface area contributed by atoms with Crippen LogP contribution in [0, 0.1) is 0 Å². The number of furan rings is 1. The quantitative estimate of drug-likeness (QED) is 0.668. The average Bonchev–Trinajstić information content (AvgIpc) is 2.77. The van der Waals surface area contributed by atoms with Crippen molar-refractivity contribution in [3.05, 3.63) is 24.2 Å². The van der Waals surface area contributed by atoms with Gasteiger partial charge in [0.15, 0.2) is 0 Å². The Morgan fingerprint density at radius 1 is 1.40 bits per heavy atom. The number of hydrogen-bond acceptors (Lipinski definition) is 4. The Hall–Kier alpha value is -0.840. The van der Waals surface area contributed by atoms with Crippen LogP contribution in [0.2, 0.25) is 0 Å². The van der Waals surface area contributed by atoms with E-state index in [0.717, 1.165) is 18.8 Å². The second-order valence-electron chi connectivity index (χ2n) is 3.22. The SMILES string of the molecule is CCCOCCOC(CN)c1ccco1. The lowest BCUT2D eigenvalue weighted by molar-refractivity contribution is -0.000827. The summed E-state index contributed by atoms with van der Waals surface area (Å²) >= 11 is 0. The summed E-state index contributed by atoms with van der Waals surface area (Å²) in [5.74, 6) is 0.771. The molecule has 1 atom stereocenters. The molecule has 0 aliphatic carbocycles. The normalized spacial score (nSPS) is 12.9. The molecule has 1 heterocycles. The zero-order valence-electron chi connectivity index (χ0n) is 9.15. The first-order chi connectivity index (χ1) is 7.38. The van der Waals surface area contributed by atoms with Crippen LogP contribution < -0.4 is 5.73 Å². The van der Waals surface area contributed by atoms with Crippen LogP contribution in [-0.4, -0.2) is 26.4 Å². The molecule has 0 fully saturated rings. The summed E-state index contributed by atoms with van der Waals surface area (Å²) in [5.41, 5.74) is 5.58. The Morgan fingerprint density at radius 2 is 2.27 bits per heavy atom. The number of rotatable bonds is 8. The van der Waals surface area contributed by atoms with Crippen molar-refractivity contribution in [1.82, 2.24) is 0 Å². The molecule has 0 bridgehead atoms. The molecule has 86 valence electrons. The molecule has 2 N–H and O–H groups in total. The number of hydrogen-bond donors (Lipinski definition) is 1. The van der Waals surface area contributed by atoms with Gasteiger partial charge in [0.2, 0.25) is 0 Å². The maximum Gasteiger partial charge on any atom is 0.133 e. The topological polar surface area (TPSA) is 57.6 Å². The van der Waals surface area contributed by atoms with Gasteiger partial charge in [0.05, 0.1) is 19.5 Å². The van der Waals surface area contributed by atoms with Gasteiger partial charge in [0.25, 0.3) is 0 Å². The summed E-state index contributed by atoms with van der Waals surface area (Å²) in [6, 6.07) is 3.69. The standard InChI is InChI=1S/C11H19NO3/c1-2-5-13-7-8-15-11(9-12)10-4-3-6-14-10/h3-4,6,11H,2,5,7-9,12H2,1H3. The highest BCUT2D eigenvalue weighted by Crippen LogP contribution is 2.15. The first-order valence-electron chi connectivity index (χ1n) is 5.31. The summed E-state index contributed by atoms with van der Waals surface area (Å²) < 4.78 is 16.1. The van der Waals surface area contributed by atoms with Gasteiger partial charge >= 0.3 is 0 Å². The molecule has 1 aromatic heterocycles. The highest BCUT2D eigenvalue weighted by molar-refractivity contribution is 5.02. The van der Waals surface area contributed by atoms with Crippen molar-refractivity contribution < 1.29 is 13.9 Å². The minimum absolute atomic E-state index is 0.162. The van der Waals surface area contributed by atoms with E-state index in [1.807, 2.05) is 12.1 Å². The molecule has 1 rings (SSSR count). The molecule has 4 nitrogen and oxygen atoms in total. The van der Waals surface area contributed by atoms with Crippen molar-refractivity contribution in [3.63, 3.8) is 0 Å². The molecule has 0 radical (unpaired) electrons. The van der Waals surface area contributed by atoms with Crippen LogP contribution in [0.1, 0.15) is 25.2 Å². The predicted molar refractivity (Wildman–Crippen MR) is 57.6 cm³/mol. The van der Waals surface area contributed by atoms with Crippen LogP contribution in [0.3, 0.4) is 0 Å². The van der Waals surface area contributed by atoms with Gasteiger partial charge in [0.1, 0.15) is 11.9 Å². The monoisotopic (exact) mass is 213 g/mol. The van der Waals surface area contributed by atoms with Crippen molar-refractivity contribution in [2.24, 2.45) is 5.73 Å². The van der Waals surface area contributed by atoms with Gasteiger partial charge in [-0.05, 0) is 18.6 Å². The lowest BCUT2D eigenvalue weighted by atomic mass is 10.3. The molecule has 0 amide bonds. The highest BCUT2D eigenvalue weighted by atomic mass is 16.5. The Balaban J connectivity index is 2.18. The first kappa shape index (κ1) is 12.2. The van der Waals surface area contributed by atoms with Gasteiger partial charge in [0, 0.05) is 13.2 Å². The van der Waals surface area contributed by atoms with Crippen LogP contribution in [0.15, 0.2) is 22.8 Å². The van der Waals surface area contributed by atoms with Crippen LogP contribution in [0.25, 0.3) is 0 Å². The van der Waals surface area contributed by atoms with Gasteiger partial charge < -0.3 is 19.6 Å². The van der Waals surface area contributed by atoms with E-state index in [0.29, 0.717) is 19.8 Å². The van der Waals surface area contributed by atoms with Crippen molar-refractivity contribution in [1.29, 1.82) is 0 Å². The zero-order valence-corrected chi connectivity index (χ0v) is 9.15. The van der Waals surface area contributed by atoms with Crippen LogP contribution in [0.5, 0.6) is 0 Å². The first-order valence-corrected chi connectivity index (χ1v) is 5.31. The van der Waals surface area contributed by atoms with Crippen LogP contribution in [0.4, 0.5) is 0 Å². The van der Waals surface area contributed by atoms with Crippen molar-refractivity contribution in [3.8, 4) is 0 Å². The van der Waals surface area contributed by atoms with E-state index in [-0.39, 0.29) is 6.10 Å². The predicted octanol–water partition coefficient (Wildman–Crippen LogP) is 1.72. The summed E-state index contributed by atoms with van der Waals surface area (Å²) in [7, 11) is 0. The molecule has 1 unspecified atom stereocenters. The second-order valence-corrected chi connectivity index (χ2v) is 3.22. The molecule has 0 aromatic carbocycles. The fraction of sp³-hybridized carbons (Fsp3) is 0.636. The Labute approximate surface area is 90.3 Å². The molecule has 0 aliphatic heterocycles. The van der Waals surface area contributed by atoms with Crippen molar-refractivity contribution in [2.45, 2.75) is 19.4 Å². The molecule has 4 heteroatoms. The number of nitrogens with two attached hydrogens (primary N) is 1. The molecule has 15 heavy (non-hydrogen) atoms. The minimum Gasteiger partial charge on any atom is -0.467 e. The third-order valence-corrected chi connectivity index (χ3v) is 1.97. The van der Waals surface area contributed by atoms with Gasteiger partial charge in [-0.15, -0.1) is 0 Å². The molecule has 0 saturated heterocycles. The minimum atomic E-state index is -0.162. The fourth-order valence-corrected chi connectivity index (χ4v) is 1.24. The van der Waals surface area contributed by atoms with Gasteiger partial charge in [-0.1, -0.05) is 6.92 Å². The second kappa shape index (κ2) is 7.45. The largest absolute Gasteiger partial charge is 0.467 e.